The number of aliphatic carboxylic acids is 1. The molecule has 1 saturated heterocycles. The molecule has 2 N–H and O–H groups in total. The molecule has 1 unspecified atom stereocenters. The summed E-state index contributed by atoms with van der Waals surface area (Å²) in [5, 5.41) is 11.2. The van der Waals surface area contributed by atoms with Crippen molar-refractivity contribution in [2.45, 2.75) is 12.5 Å². The molecule has 112 valence electrons. The minimum Gasteiger partial charge on any atom is -0.480 e. The van der Waals surface area contributed by atoms with Gasteiger partial charge in [0.05, 0.1) is 6.26 Å². The summed E-state index contributed by atoms with van der Waals surface area (Å²) in [6, 6.07) is -1.69. The lowest BCUT2D eigenvalue weighted by Crippen LogP contribution is -2.55. The molecule has 0 saturated carbocycles. The van der Waals surface area contributed by atoms with Crippen molar-refractivity contribution in [3.8, 4) is 12.3 Å². The molecule has 0 aromatic carbocycles. The summed E-state index contributed by atoms with van der Waals surface area (Å²) in [5.74, 6) is 0.980. The average molecular weight is 303 g/mol. The van der Waals surface area contributed by atoms with Crippen LogP contribution in [0, 0.1) is 12.3 Å². The Morgan fingerprint density at radius 1 is 1.35 bits per heavy atom. The van der Waals surface area contributed by atoms with Gasteiger partial charge in [-0.1, -0.05) is 0 Å². The van der Waals surface area contributed by atoms with Crippen LogP contribution in [0.25, 0.3) is 0 Å². The predicted molar refractivity (Wildman–Crippen MR) is 71.4 cm³/mol. The molecule has 20 heavy (non-hydrogen) atoms. The summed E-state index contributed by atoms with van der Waals surface area (Å²) in [6.45, 7) is 0.806. The number of sulfonamides is 1. The number of terminal acetylenes is 1. The van der Waals surface area contributed by atoms with Crippen LogP contribution < -0.4 is 5.32 Å². The first-order chi connectivity index (χ1) is 9.25. The Hall–Kier alpha value is -1.79. The maximum Gasteiger partial charge on any atom is 0.327 e. The number of carboxylic acids is 1. The normalized spacial score (nSPS) is 18.1. The van der Waals surface area contributed by atoms with Crippen molar-refractivity contribution >= 4 is 22.0 Å². The molecule has 1 fully saturated rings. The number of carboxylic acid groups (broad SMARTS) is 1. The van der Waals surface area contributed by atoms with E-state index in [0.717, 1.165) is 6.26 Å². The van der Waals surface area contributed by atoms with Gasteiger partial charge >= 0.3 is 12.0 Å². The van der Waals surface area contributed by atoms with E-state index >= 15 is 0 Å². The molecule has 0 aliphatic carbocycles. The molecule has 1 atom stereocenters. The van der Waals surface area contributed by atoms with Crippen LogP contribution in [-0.4, -0.2) is 73.2 Å². The second kappa shape index (κ2) is 6.58. The van der Waals surface area contributed by atoms with Crippen LogP contribution in [-0.2, 0) is 14.8 Å². The number of hydrogen-bond donors (Lipinski definition) is 2. The Morgan fingerprint density at radius 3 is 2.30 bits per heavy atom. The maximum absolute atomic E-state index is 11.9. The second-order valence-electron chi connectivity index (χ2n) is 4.40. The van der Waals surface area contributed by atoms with Crippen LogP contribution in [0.4, 0.5) is 4.79 Å². The Morgan fingerprint density at radius 2 is 1.90 bits per heavy atom. The highest BCUT2D eigenvalue weighted by Crippen LogP contribution is 2.06. The third kappa shape index (κ3) is 4.40. The molecular formula is C11H17N3O5S. The fourth-order valence-corrected chi connectivity index (χ4v) is 2.61. The molecule has 8 nitrogen and oxygen atoms in total. The van der Waals surface area contributed by atoms with Gasteiger partial charge in [-0.3, -0.25) is 0 Å². The quantitative estimate of drug-likeness (QED) is 0.631. The maximum atomic E-state index is 11.9. The van der Waals surface area contributed by atoms with Crippen molar-refractivity contribution in [3.63, 3.8) is 0 Å². The molecule has 0 spiro atoms. The van der Waals surface area contributed by atoms with E-state index in [1.807, 2.05) is 0 Å². The number of nitrogens with one attached hydrogen (secondary N) is 1. The zero-order valence-corrected chi connectivity index (χ0v) is 11.9. The molecule has 1 aliphatic heterocycles. The Bertz CT molecular complexity index is 517. The van der Waals surface area contributed by atoms with Gasteiger partial charge in [-0.15, -0.1) is 12.3 Å². The van der Waals surface area contributed by atoms with Crippen molar-refractivity contribution in [2.24, 2.45) is 0 Å². The number of carbonyl (C=O) groups is 2. The van der Waals surface area contributed by atoms with E-state index in [0.29, 0.717) is 0 Å². The summed E-state index contributed by atoms with van der Waals surface area (Å²) in [7, 11) is -3.27. The second-order valence-corrected chi connectivity index (χ2v) is 6.38. The molecule has 2 amide bonds. The van der Waals surface area contributed by atoms with Gasteiger partial charge in [0, 0.05) is 32.6 Å². The van der Waals surface area contributed by atoms with Crippen molar-refractivity contribution in [1.82, 2.24) is 14.5 Å². The van der Waals surface area contributed by atoms with E-state index in [2.05, 4.69) is 11.2 Å². The lowest BCUT2D eigenvalue weighted by Gasteiger charge is -2.33. The van der Waals surface area contributed by atoms with Gasteiger partial charge in [0.1, 0.15) is 6.04 Å². The van der Waals surface area contributed by atoms with Crippen LogP contribution in [0.2, 0.25) is 0 Å². The summed E-state index contributed by atoms with van der Waals surface area (Å²) in [5.41, 5.74) is 0. The smallest absolute Gasteiger partial charge is 0.327 e. The van der Waals surface area contributed by atoms with E-state index in [4.69, 9.17) is 11.5 Å². The van der Waals surface area contributed by atoms with Gasteiger partial charge in [-0.05, 0) is 0 Å². The third-order valence-electron chi connectivity index (χ3n) is 2.91. The fraction of sp³-hybridized carbons (Fsp3) is 0.636. The highest BCUT2D eigenvalue weighted by Gasteiger charge is 2.28. The van der Waals surface area contributed by atoms with Gasteiger partial charge in [-0.2, -0.15) is 4.31 Å². The lowest BCUT2D eigenvalue weighted by molar-refractivity contribution is -0.139. The first-order valence-electron chi connectivity index (χ1n) is 5.92. The zero-order valence-electron chi connectivity index (χ0n) is 11.1. The Labute approximate surface area is 117 Å². The monoisotopic (exact) mass is 303 g/mol. The first kappa shape index (κ1) is 16.3. The molecule has 1 aliphatic rings. The van der Waals surface area contributed by atoms with Crippen molar-refractivity contribution in [3.05, 3.63) is 0 Å². The average Bonchev–Trinajstić information content (AvgIpc) is 2.37. The predicted octanol–water partition coefficient (Wildman–Crippen LogP) is -1.25. The zero-order chi connectivity index (χ0) is 15.3. The number of piperazine rings is 1. The molecule has 0 aromatic heterocycles. The molecule has 9 heteroatoms. The van der Waals surface area contributed by atoms with Gasteiger partial charge in [0.15, 0.2) is 0 Å². The standard InChI is InChI=1S/C11H17N3O5S/c1-3-4-9(10(15)16)12-11(17)13-5-7-14(8-6-13)20(2,18)19/h1,9H,4-8H2,2H3,(H,12,17)(H,15,16). The van der Waals surface area contributed by atoms with Crippen molar-refractivity contribution < 1.29 is 23.1 Å². The highest BCUT2D eigenvalue weighted by atomic mass is 32.2. The van der Waals surface area contributed by atoms with Gasteiger partial charge in [0.25, 0.3) is 0 Å². The van der Waals surface area contributed by atoms with E-state index in [-0.39, 0.29) is 32.6 Å². The van der Waals surface area contributed by atoms with Crippen LogP contribution in [0.1, 0.15) is 6.42 Å². The van der Waals surface area contributed by atoms with Gasteiger partial charge in [0.2, 0.25) is 10.0 Å². The van der Waals surface area contributed by atoms with E-state index in [9.17, 15) is 18.0 Å². The number of nitrogens with zero attached hydrogens (tertiary/aromatic N) is 2. The number of carbonyl (C=O) groups excluding carboxylic acids is 1. The van der Waals surface area contributed by atoms with Crippen LogP contribution in [0.15, 0.2) is 0 Å². The summed E-state index contributed by atoms with van der Waals surface area (Å²) < 4.78 is 23.9. The minimum atomic E-state index is -3.27. The summed E-state index contributed by atoms with van der Waals surface area (Å²) in [6.07, 6.45) is 6.04. The van der Waals surface area contributed by atoms with Crippen LogP contribution in [0.5, 0.6) is 0 Å². The molecule has 1 heterocycles. The van der Waals surface area contributed by atoms with E-state index in [1.54, 1.807) is 0 Å². The van der Waals surface area contributed by atoms with Crippen molar-refractivity contribution in [1.29, 1.82) is 0 Å². The number of amides is 2. The van der Waals surface area contributed by atoms with Crippen LogP contribution in [0.3, 0.4) is 0 Å². The molecular weight excluding hydrogens is 286 g/mol. The van der Waals surface area contributed by atoms with Gasteiger partial charge < -0.3 is 15.3 Å². The minimum absolute atomic E-state index is 0.107. The number of urea groups is 1. The Kier molecular flexibility index (Phi) is 5.35. The molecule has 0 radical (unpaired) electrons. The highest BCUT2D eigenvalue weighted by molar-refractivity contribution is 7.88. The number of hydrogen-bond acceptors (Lipinski definition) is 4. The van der Waals surface area contributed by atoms with Crippen LogP contribution >= 0.6 is 0 Å². The fourth-order valence-electron chi connectivity index (χ4n) is 1.78. The summed E-state index contributed by atoms with van der Waals surface area (Å²) >= 11 is 0. The third-order valence-corrected chi connectivity index (χ3v) is 4.22. The largest absolute Gasteiger partial charge is 0.480 e. The Balaban J connectivity index is 2.55. The van der Waals surface area contributed by atoms with E-state index < -0.39 is 28.1 Å². The first-order valence-corrected chi connectivity index (χ1v) is 7.77. The SMILES string of the molecule is C#CCC(NC(=O)N1CCN(S(C)(=O)=O)CC1)C(=O)O. The topological polar surface area (TPSA) is 107 Å². The molecule has 0 bridgehead atoms. The lowest BCUT2D eigenvalue weighted by atomic mass is 10.2. The molecule has 0 aromatic rings. The summed E-state index contributed by atoms with van der Waals surface area (Å²) in [4.78, 5) is 24.1. The molecule has 1 rings (SSSR count). The van der Waals surface area contributed by atoms with E-state index in [1.165, 1.54) is 9.21 Å². The van der Waals surface area contributed by atoms with Crippen molar-refractivity contribution in [2.75, 3.05) is 32.4 Å². The number of rotatable bonds is 4. The van der Waals surface area contributed by atoms with Gasteiger partial charge in [-0.25, -0.2) is 18.0 Å².